The van der Waals surface area contributed by atoms with Crippen LogP contribution in [0.3, 0.4) is 0 Å². The molecule has 0 saturated heterocycles. The number of Topliss-reactive ketones (excluding diaryl/α,β-unsaturated/α-hetero) is 1. The summed E-state index contributed by atoms with van der Waals surface area (Å²) in [6, 6.07) is 0. The molecule has 0 aliphatic heterocycles. The number of carbonyl (C=O) groups excluding carboxylic acids is 1. The largest absolute Gasteiger partial charge is 0.299 e. The lowest BCUT2D eigenvalue weighted by Gasteiger charge is -2.61. The van der Waals surface area contributed by atoms with Crippen LogP contribution in [-0.4, -0.2) is 11.2 Å². The van der Waals surface area contributed by atoms with E-state index in [4.69, 9.17) is 11.6 Å². The molecular weight excluding hydrogens is 292 g/mol. The van der Waals surface area contributed by atoms with Gasteiger partial charge in [0.15, 0.2) is 0 Å². The number of carbonyl (C=O) groups is 1. The maximum absolute atomic E-state index is 12.5. The third-order valence-electron chi connectivity index (χ3n) is 8.61. The monoisotopic (exact) mass is 322 g/mol. The zero-order valence-electron chi connectivity index (χ0n) is 14.4. The van der Waals surface area contributed by atoms with E-state index in [1.807, 2.05) is 0 Å². The van der Waals surface area contributed by atoms with Crippen molar-refractivity contribution in [1.82, 2.24) is 0 Å². The summed E-state index contributed by atoms with van der Waals surface area (Å²) in [7, 11) is 0. The van der Waals surface area contributed by atoms with Crippen LogP contribution in [-0.2, 0) is 4.79 Å². The van der Waals surface area contributed by atoms with Crippen molar-refractivity contribution in [1.29, 1.82) is 0 Å². The van der Waals surface area contributed by atoms with Gasteiger partial charge in [0.05, 0.1) is 0 Å². The zero-order valence-corrected chi connectivity index (χ0v) is 15.2. The first-order valence-electron chi connectivity index (χ1n) is 9.53. The Morgan fingerprint density at radius 2 is 1.82 bits per heavy atom. The summed E-state index contributed by atoms with van der Waals surface area (Å²) in [5, 5.41) is 0.309. The average Bonchev–Trinajstić information content (AvgIpc) is 2.77. The molecule has 0 radical (unpaired) electrons. The van der Waals surface area contributed by atoms with Crippen LogP contribution in [0.25, 0.3) is 0 Å². The average molecular weight is 323 g/mol. The summed E-state index contributed by atoms with van der Waals surface area (Å²) in [5.41, 5.74) is 0.453. The minimum Gasteiger partial charge on any atom is -0.299 e. The van der Waals surface area contributed by atoms with Gasteiger partial charge in [0.25, 0.3) is 0 Å². The van der Waals surface area contributed by atoms with Crippen LogP contribution in [0.1, 0.15) is 72.1 Å². The number of alkyl halides is 1. The maximum Gasteiger partial charge on any atom is 0.139 e. The van der Waals surface area contributed by atoms with E-state index in [2.05, 4.69) is 20.8 Å². The van der Waals surface area contributed by atoms with Crippen molar-refractivity contribution in [3.8, 4) is 0 Å². The number of rotatable bonds is 0. The lowest BCUT2D eigenvalue weighted by molar-refractivity contribution is -0.139. The molecule has 8 atom stereocenters. The molecule has 0 N–H and O–H groups in total. The van der Waals surface area contributed by atoms with Gasteiger partial charge >= 0.3 is 0 Å². The molecule has 4 aliphatic carbocycles. The molecule has 0 aromatic rings. The van der Waals surface area contributed by atoms with Crippen LogP contribution in [0.15, 0.2) is 0 Å². The van der Waals surface area contributed by atoms with Gasteiger partial charge in [-0.1, -0.05) is 27.2 Å². The topological polar surface area (TPSA) is 17.1 Å². The third kappa shape index (κ3) is 1.93. The molecule has 0 bridgehead atoms. The Morgan fingerprint density at radius 1 is 1.05 bits per heavy atom. The van der Waals surface area contributed by atoms with Gasteiger partial charge in [0, 0.05) is 17.2 Å². The van der Waals surface area contributed by atoms with Gasteiger partial charge in [-0.05, 0) is 73.5 Å². The van der Waals surface area contributed by atoms with Crippen LogP contribution >= 0.6 is 11.6 Å². The molecule has 0 amide bonds. The number of halogens is 1. The standard InChI is InChI=1S/C20H31ClO/c1-12-6-8-19(2)13(10-12)11-16(21)18-14-4-5-17(22)20(14,3)9-7-15(18)19/h12-16,18H,4-11H2,1-3H3/t12-,13+,14-,15-,16+,18-,19-,20-/m0/s1. The van der Waals surface area contributed by atoms with E-state index >= 15 is 0 Å². The van der Waals surface area contributed by atoms with E-state index in [0.29, 0.717) is 28.4 Å². The summed E-state index contributed by atoms with van der Waals surface area (Å²) < 4.78 is 0. The van der Waals surface area contributed by atoms with E-state index in [1.54, 1.807) is 0 Å². The first kappa shape index (κ1) is 15.5. The van der Waals surface area contributed by atoms with Gasteiger partial charge in [0.1, 0.15) is 5.78 Å². The lowest BCUT2D eigenvalue weighted by Crippen LogP contribution is -2.57. The second kappa shape index (κ2) is 4.98. The van der Waals surface area contributed by atoms with Gasteiger partial charge in [-0.25, -0.2) is 0 Å². The van der Waals surface area contributed by atoms with Crippen LogP contribution < -0.4 is 0 Å². The molecule has 0 spiro atoms. The lowest BCUT2D eigenvalue weighted by atomic mass is 9.44. The van der Waals surface area contributed by atoms with E-state index in [1.165, 1.54) is 32.1 Å². The Balaban J connectivity index is 1.69. The number of hydrogen-bond acceptors (Lipinski definition) is 1. The molecule has 22 heavy (non-hydrogen) atoms. The zero-order chi connectivity index (χ0) is 15.7. The Hall–Kier alpha value is -0.0400. The van der Waals surface area contributed by atoms with Gasteiger partial charge in [-0.15, -0.1) is 11.6 Å². The molecule has 4 rings (SSSR count). The van der Waals surface area contributed by atoms with Crippen molar-refractivity contribution in [2.75, 3.05) is 0 Å². The Kier molecular flexibility index (Phi) is 3.50. The van der Waals surface area contributed by atoms with E-state index in [-0.39, 0.29) is 5.41 Å². The second-order valence-corrected chi connectivity index (χ2v) is 10.1. The molecule has 0 aromatic carbocycles. The van der Waals surface area contributed by atoms with Crippen molar-refractivity contribution >= 4 is 17.4 Å². The highest BCUT2D eigenvalue weighted by Gasteiger charge is 2.62. The number of fused-ring (bicyclic) bond motifs is 5. The summed E-state index contributed by atoms with van der Waals surface area (Å²) in [5.74, 6) is 4.16. The van der Waals surface area contributed by atoms with Gasteiger partial charge in [0.2, 0.25) is 0 Å². The van der Waals surface area contributed by atoms with E-state index in [0.717, 1.165) is 37.0 Å². The molecule has 4 aliphatic rings. The number of hydrogen-bond donors (Lipinski definition) is 0. The van der Waals surface area contributed by atoms with Crippen LogP contribution in [0.4, 0.5) is 0 Å². The third-order valence-corrected chi connectivity index (χ3v) is 9.08. The second-order valence-electron chi connectivity index (χ2n) is 9.54. The van der Waals surface area contributed by atoms with Crippen LogP contribution in [0.2, 0.25) is 0 Å². The predicted molar refractivity (Wildman–Crippen MR) is 90.9 cm³/mol. The minimum absolute atomic E-state index is 0.0422. The highest BCUT2D eigenvalue weighted by Crippen LogP contribution is 2.66. The van der Waals surface area contributed by atoms with Gasteiger partial charge in [-0.2, -0.15) is 0 Å². The van der Waals surface area contributed by atoms with E-state index < -0.39 is 0 Å². The SMILES string of the molecule is C[C@H]1CC[C@@]2(C)[C@H](C1)C[C@@H](Cl)[C@@H]1[C@@H]2CC[C@]2(C)C(=O)CC[C@@H]12. The fraction of sp³-hybridized carbons (Fsp3) is 0.950. The van der Waals surface area contributed by atoms with E-state index in [9.17, 15) is 4.79 Å². The first-order chi connectivity index (χ1) is 10.4. The molecule has 2 heteroatoms. The van der Waals surface area contributed by atoms with Crippen molar-refractivity contribution in [3.63, 3.8) is 0 Å². The first-order valence-corrected chi connectivity index (χ1v) is 9.97. The normalized spacial score (nSPS) is 57.9. The summed E-state index contributed by atoms with van der Waals surface area (Å²) >= 11 is 6.98. The summed E-state index contributed by atoms with van der Waals surface area (Å²) in [4.78, 5) is 12.5. The minimum atomic E-state index is -0.0422. The Bertz CT molecular complexity index is 488. The van der Waals surface area contributed by atoms with Crippen molar-refractivity contribution in [2.45, 2.75) is 77.5 Å². The molecule has 4 saturated carbocycles. The summed E-state index contributed by atoms with van der Waals surface area (Å²) in [6.07, 6.45) is 9.65. The predicted octanol–water partition coefficient (Wildman–Crippen LogP) is 5.45. The molecule has 0 unspecified atom stereocenters. The maximum atomic E-state index is 12.5. The van der Waals surface area contributed by atoms with Crippen molar-refractivity contribution in [2.24, 2.45) is 40.4 Å². The Labute approximate surface area is 140 Å². The number of ketones is 1. The van der Waals surface area contributed by atoms with Gasteiger partial charge < -0.3 is 0 Å². The smallest absolute Gasteiger partial charge is 0.139 e. The highest BCUT2D eigenvalue weighted by atomic mass is 35.5. The molecule has 0 aromatic heterocycles. The fourth-order valence-corrected chi connectivity index (χ4v) is 7.72. The molecule has 0 heterocycles. The van der Waals surface area contributed by atoms with Crippen LogP contribution in [0.5, 0.6) is 0 Å². The Morgan fingerprint density at radius 3 is 2.59 bits per heavy atom. The highest BCUT2D eigenvalue weighted by molar-refractivity contribution is 6.21. The fourth-order valence-electron chi connectivity index (χ4n) is 7.16. The van der Waals surface area contributed by atoms with Crippen molar-refractivity contribution < 1.29 is 4.79 Å². The van der Waals surface area contributed by atoms with Crippen molar-refractivity contribution in [3.05, 3.63) is 0 Å². The molecular formula is C20H31ClO. The van der Waals surface area contributed by atoms with Crippen LogP contribution in [0, 0.1) is 40.4 Å². The van der Waals surface area contributed by atoms with Gasteiger partial charge in [-0.3, -0.25) is 4.79 Å². The summed E-state index contributed by atoms with van der Waals surface area (Å²) in [6.45, 7) is 7.25. The molecule has 4 fully saturated rings. The molecule has 1 nitrogen and oxygen atoms in total. The quantitative estimate of drug-likeness (QED) is 0.542. The molecule has 124 valence electrons.